The smallest absolute Gasteiger partial charge is 0.269 e. The number of hydrogen-bond acceptors (Lipinski definition) is 4. The highest BCUT2D eigenvalue weighted by atomic mass is 35.5. The third-order valence-electron chi connectivity index (χ3n) is 3.30. The molecule has 0 aliphatic carbocycles. The number of ether oxygens (including phenoxy) is 2. The van der Waals surface area contributed by atoms with Crippen molar-refractivity contribution in [1.82, 2.24) is 4.98 Å². The van der Waals surface area contributed by atoms with Gasteiger partial charge in [-0.3, -0.25) is 9.69 Å². The van der Waals surface area contributed by atoms with Gasteiger partial charge < -0.3 is 9.47 Å². The van der Waals surface area contributed by atoms with Crippen LogP contribution >= 0.6 is 11.6 Å². The Balaban J connectivity index is 1.77. The quantitative estimate of drug-likeness (QED) is 0.873. The van der Waals surface area contributed by atoms with E-state index in [1.807, 2.05) is 0 Å². The summed E-state index contributed by atoms with van der Waals surface area (Å²) in [6.07, 6.45) is 0.988. The number of amides is 1. The minimum absolute atomic E-state index is 0.164. The minimum atomic E-state index is -0.647. The molecule has 0 saturated carbocycles. The molecule has 0 fully saturated rings. The van der Waals surface area contributed by atoms with Crippen LogP contribution in [0.4, 0.5) is 5.82 Å². The zero-order valence-corrected chi connectivity index (χ0v) is 12.8. The van der Waals surface area contributed by atoms with E-state index in [1.165, 1.54) is 0 Å². The lowest BCUT2D eigenvalue weighted by Crippen LogP contribution is -2.45. The first-order chi connectivity index (χ1) is 10.6. The van der Waals surface area contributed by atoms with Crippen LogP contribution in [0.25, 0.3) is 0 Å². The number of carbonyl (C=O) groups is 1. The summed E-state index contributed by atoms with van der Waals surface area (Å²) in [4.78, 5) is 18.4. The zero-order chi connectivity index (χ0) is 15.5. The van der Waals surface area contributed by atoms with E-state index in [-0.39, 0.29) is 5.91 Å². The fourth-order valence-corrected chi connectivity index (χ4v) is 2.46. The van der Waals surface area contributed by atoms with Crippen molar-refractivity contribution in [2.75, 3.05) is 18.1 Å². The van der Waals surface area contributed by atoms with Gasteiger partial charge in [0, 0.05) is 11.2 Å². The van der Waals surface area contributed by atoms with Gasteiger partial charge in [0.05, 0.1) is 6.54 Å². The van der Waals surface area contributed by atoms with Crippen LogP contribution in [0, 0.1) is 0 Å². The van der Waals surface area contributed by atoms with E-state index < -0.39 is 6.10 Å². The molecule has 5 nitrogen and oxygen atoms in total. The minimum Gasteiger partial charge on any atom is -0.488 e. The fraction of sp³-hybridized carbons (Fsp3) is 0.250. The lowest BCUT2D eigenvalue weighted by atomic mass is 10.2. The van der Waals surface area contributed by atoms with Gasteiger partial charge in [0.25, 0.3) is 5.91 Å². The maximum absolute atomic E-state index is 12.6. The van der Waals surface area contributed by atoms with Gasteiger partial charge in [-0.05, 0) is 37.3 Å². The Hall–Kier alpha value is -2.27. The summed E-state index contributed by atoms with van der Waals surface area (Å²) in [5, 5.41) is 0.565. The number of nitrogens with zero attached hydrogens (tertiary/aromatic N) is 2. The van der Waals surface area contributed by atoms with Crippen LogP contribution in [0.3, 0.4) is 0 Å². The second kappa shape index (κ2) is 6.23. The van der Waals surface area contributed by atoms with E-state index in [2.05, 4.69) is 4.98 Å². The van der Waals surface area contributed by atoms with E-state index in [1.54, 1.807) is 54.4 Å². The molecular weight excluding hydrogens is 304 g/mol. The summed E-state index contributed by atoms with van der Waals surface area (Å²) in [5.74, 6) is 1.53. The largest absolute Gasteiger partial charge is 0.488 e. The van der Waals surface area contributed by atoms with Crippen molar-refractivity contribution in [2.24, 2.45) is 0 Å². The second-order valence-corrected chi connectivity index (χ2v) is 5.32. The number of aromatic nitrogens is 1. The maximum Gasteiger partial charge on any atom is 0.269 e. The zero-order valence-electron chi connectivity index (χ0n) is 12.0. The molecule has 3 rings (SSSR count). The highest BCUT2D eigenvalue weighted by molar-refractivity contribution is 6.30. The number of hydrogen-bond donors (Lipinski definition) is 0. The van der Waals surface area contributed by atoms with Crippen molar-refractivity contribution in [3.05, 3.63) is 47.6 Å². The van der Waals surface area contributed by atoms with Gasteiger partial charge in [-0.15, -0.1) is 0 Å². The lowest BCUT2D eigenvalue weighted by molar-refractivity contribution is -0.124. The van der Waals surface area contributed by atoms with Gasteiger partial charge in [-0.25, -0.2) is 4.98 Å². The fourth-order valence-electron chi connectivity index (χ4n) is 2.28. The molecule has 0 N–H and O–H groups in total. The van der Waals surface area contributed by atoms with Crippen LogP contribution in [0.1, 0.15) is 6.92 Å². The molecule has 1 aliphatic heterocycles. The number of benzene rings is 1. The number of fused-ring (bicyclic) bond motifs is 1. The van der Waals surface area contributed by atoms with Crippen molar-refractivity contribution >= 4 is 23.3 Å². The summed E-state index contributed by atoms with van der Waals surface area (Å²) < 4.78 is 11.2. The highest BCUT2D eigenvalue weighted by Crippen LogP contribution is 2.29. The van der Waals surface area contributed by atoms with Crippen molar-refractivity contribution in [2.45, 2.75) is 13.0 Å². The second-order valence-electron chi connectivity index (χ2n) is 4.88. The van der Waals surface area contributed by atoms with Crippen LogP contribution in [0.15, 0.2) is 42.6 Å². The van der Waals surface area contributed by atoms with Gasteiger partial charge in [0.1, 0.15) is 12.4 Å². The molecule has 0 radical (unpaired) electrons. The van der Waals surface area contributed by atoms with Crippen LogP contribution in [0.2, 0.25) is 5.02 Å². The van der Waals surface area contributed by atoms with Crippen molar-refractivity contribution in [1.29, 1.82) is 0 Å². The van der Waals surface area contributed by atoms with Crippen molar-refractivity contribution in [3.8, 4) is 11.5 Å². The number of rotatable bonds is 3. The Morgan fingerprint density at radius 3 is 3.09 bits per heavy atom. The first-order valence-corrected chi connectivity index (χ1v) is 7.34. The monoisotopic (exact) mass is 318 g/mol. The van der Waals surface area contributed by atoms with Crippen LogP contribution in [-0.4, -0.2) is 30.1 Å². The molecule has 2 heterocycles. The van der Waals surface area contributed by atoms with Crippen LogP contribution < -0.4 is 14.4 Å². The summed E-state index contributed by atoms with van der Waals surface area (Å²) in [6.45, 7) is 2.60. The Labute approximate surface area is 133 Å². The Morgan fingerprint density at radius 1 is 1.41 bits per heavy atom. The molecule has 114 valence electrons. The Bertz CT molecular complexity index is 693. The molecule has 1 atom stereocenters. The molecule has 0 unspecified atom stereocenters. The Morgan fingerprint density at radius 2 is 2.27 bits per heavy atom. The lowest BCUT2D eigenvalue weighted by Gasteiger charge is -2.30. The third-order valence-corrected chi connectivity index (χ3v) is 3.54. The molecule has 1 aromatic carbocycles. The van der Waals surface area contributed by atoms with Crippen molar-refractivity contribution < 1.29 is 14.3 Å². The van der Waals surface area contributed by atoms with E-state index in [0.717, 1.165) is 0 Å². The standard InChI is InChI=1S/C16H15ClN2O3/c1-11(22-13-5-2-4-12(17)10-13)16(20)19-8-9-21-14-6-3-7-18-15(14)19/h2-7,10-11H,8-9H2,1H3/t11-/m1/s1. The molecule has 1 aromatic heterocycles. The van der Waals surface area contributed by atoms with Gasteiger partial charge in [0.15, 0.2) is 17.7 Å². The SMILES string of the molecule is C[C@@H](Oc1cccc(Cl)c1)C(=O)N1CCOc2cccnc21. The third kappa shape index (κ3) is 2.99. The molecular formula is C16H15ClN2O3. The van der Waals surface area contributed by atoms with E-state index in [4.69, 9.17) is 21.1 Å². The average molecular weight is 319 g/mol. The van der Waals surface area contributed by atoms with Gasteiger partial charge in [-0.2, -0.15) is 0 Å². The number of carbonyl (C=O) groups excluding carboxylic acids is 1. The molecule has 6 heteroatoms. The van der Waals surface area contributed by atoms with Gasteiger partial charge in [-0.1, -0.05) is 17.7 Å². The van der Waals surface area contributed by atoms with Gasteiger partial charge >= 0.3 is 0 Å². The predicted molar refractivity (Wildman–Crippen MR) is 83.6 cm³/mol. The predicted octanol–water partition coefficient (Wildman–Crippen LogP) is 2.93. The van der Waals surface area contributed by atoms with E-state index >= 15 is 0 Å². The summed E-state index contributed by atoms with van der Waals surface area (Å²) >= 11 is 5.92. The number of pyridine rings is 1. The van der Waals surface area contributed by atoms with Gasteiger partial charge in [0.2, 0.25) is 0 Å². The summed E-state index contributed by atoms with van der Waals surface area (Å²) in [5.41, 5.74) is 0. The summed E-state index contributed by atoms with van der Waals surface area (Å²) in [6, 6.07) is 10.5. The van der Waals surface area contributed by atoms with Crippen molar-refractivity contribution in [3.63, 3.8) is 0 Å². The average Bonchev–Trinajstić information content (AvgIpc) is 2.53. The highest BCUT2D eigenvalue weighted by Gasteiger charge is 2.29. The van der Waals surface area contributed by atoms with E-state index in [0.29, 0.717) is 35.5 Å². The molecule has 0 saturated heterocycles. The van der Waals surface area contributed by atoms with E-state index in [9.17, 15) is 4.79 Å². The molecule has 1 aliphatic rings. The topological polar surface area (TPSA) is 51.7 Å². The molecule has 22 heavy (non-hydrogen) atoms. The number of halogens is 1. The maximum atomic E-state index is 12.6. The first-order valence-electron chi connectivity index (χ1n) is 6.96. The number of anilines is 1. The molecule has 0 spiro atoms. The normalized spacial score (nSPS) is 14.7. The summed E-state index contributed by atoms with van der Waals surface area (Å²) in [7, 11) is 0. The van der Waals surface area contributed by atoms with Crippen LogP contribution in [-0.2, 0) is 4.79 Å². The van der Waals surface area contributed by atoms with Crippen LogP contribution in [0.5, 0.6) is 11.5 Å². The molecule has 0 bridgehead atoms. The first kappa shape index (κ1) is 14.7. The Kier molecular flexibility index (Phi) is 4.15. The molecule has 1 amide bonds. The molecule has 2 aromatic rings.